The van der Waals surface area contributed by atoms with Gasteiger partial charge in [0.25, 0.3) is 0 Å². The summed E-state index contributed by atoms with van der Waals surface area (Å²) in [6.45, 7) is 6.42. The van der Waals surface area contributed by atoms with Gasteiger partial charge in [-0.1, -0.05) is 13.8 Å². The Morgan fingerprint density at radius 3 is 2.69 bits per heavy atom. The lowest BCUT2D eigenvalue weighted by Crippen LogP contribution is -2.67. The molecule has 158 valence electrons. The fourth-order valence-electron chi connectivity index (χ4n) is 5.43. The average Bonchev–Trinajstić information content (AvgIpc) is 2.74. The van der Waals surface area contributed by atoms with E-state index in [1.54, 1.807) is 0 Å². The molecule has 3 fully saturated rings. The van der Waals surface area contributed by atoms with E-state index in [1.165, 1.54) is 0 Å². The van der Waals surface area contributed by atoms with Crippen LogP contribution >= 0.6 is 0 Å². The number of carbonyl (C=O) groups is 2. The van der Waals surface area contributed by atoms with Crippen molar-refractivity contribution in [3.8, 4) is 0 Å². The van der Waals surface area contributed by atoms with Crippen LogP contribution in [0.2, 0.25) is 0 Å². The smallest absolute Gasteiger partial charge is 0.225 e. The van der Waals surface area contributed by atoms with Crippen LogP contribution in [0.1, 0.15) is 57.9 Å². The molecule has 2 bridgehead atoms. The number of nitrogens with zero attached hydrogens (tertiary/aromatic N) is 4. The largest absolute Gasteiger partial charge is 0.354 e. The van der Waals surface area contributed by atoms with Gasteiger partial charge in [0.15, 0.2) is 0 Å². The number of aryl methyl sites for hydroxylation is 1. The summed E-state index contributed by atoms with van der Waals surface area (Å²) in [5.41, 5.74) is 1.14. The molecule has 3 aliphatic rings. The molecule has 0 spiro atoms. The Labute approximate surface area is 173 Å². The molecule has 1 aromatic heterocycles. The van der Waals surface area contributed by atoms with E-state index in [2.05, 4.69) is 32.0 Å². The van der Waals surface area contributed by atoms with E-state index in [-0.39, 0.29) is 23.9 Å². The van der Waals surface area contributed by atoms with Crippen LogP contribution in [0.3, 0.4) is 0 Å². The molecule has 29 heavy (non-hydrogen) atoms. The van der Waals surface area contributed by atoms with Gasteiger partial charge in [-0.05, 0) is 49.5 Å². The molecule has 7 nitrogen and oxygen atoms in total. The van der Waals surface area contributed by atoms with Crippen molar-refractivity contribution in [2.24, 2.45) is 11.8 Å². The van der Waals surface area contributed by atoms with Gasteiger partial charge >= 0.3 is 0 Å². The Bertz CT molecular complexity index is 737. The molecule has 4 rings (SSSR count). The summed E-state index contributed by atoms with van der Waals surface area (Å²) in [5, 5.41) is 3.10. The summed E-state index contributed by atoms with van der Waals surface area (Å²) in [6, 6.07) is 0.348. The van der Waals surface area contributed by atoms with Crippen LogP contribution in [0, 0.1) is 11.8 Å². The lowest BCUT2D eigenvalue weighted by Gasteiger charge is -2.56. The molecular formula is C22H33N5O2. The molecule has 1 N–H and O–H groups in total. The maximum Gasteiger partial charge on any atom is 0.225 e. The van der Waals surface area contributed by atoms with E-state index < -0.39 is 0 Å². The van der Waals surface area contributed by atoms with Crippen molar-refractivity contribution in [3.05, 3.63) is 18.0 Å². The molecule has 4 atom stereocenters. The fraction of sp³-hybridized carbons (Fsp3) is 0.727. The summed E-state index contributed by atoms with van der Waals surface area (Å²) in [5.74, 6) is 1.93. The second kappa shape index (κ2) is 8.67. The van der Waals surface area contributed by atoms with Gasteiger partial charge in [-0.25, -0.2) is 9.97 Å². The number of carbonyl (C=O) groups excluding carboxylic acids is 2. The monoisotopic (exact) mass is 399 g/mol. The number of hydrogen-bond donors (Lipinski definition) is 1. The first-order valence-electron chi connectivity index (χ1n) is 11.2. The van der Waals surface area contributed by atoms with Crippen LogP contribution in [0.5, 0.6) is 0 Å². The van der Waals surface area contributed by atoms with E-state index >= 15 is 0 Å². The number of aromatic nitrogens is 2. The second-order valence-corrected chi connectivity index (χ2v) is 8.79. The summed E-state index contributed by atoms with van der Waals surface area (Å²) in [4.78, 5) is 38.6. The van der Waals surface area contributed by atoms with Gasteiger partial charge < -0.3 is 15.1 Å². The number of rotatable bonds is 6. The molecule has 0 saturated carbocycles. The van der Waals surface area contributed by atoms with Gasteiger partial charge in [0.1, 0.15) is 0 Å². The third kappa shape index (κ3) is 4.09. The van der Waals surface area contributed by atoms with Gasteiger partial charge in [-0.3, -0.25) is 9.59 Å². The Morgan fingerprint density at radius 2 is 1.97 bits per heavy atom. The van der Waals surface area contributed by atoms with Crippen molar-refractivity contribution in [2.75, 3.05) is 24.5 Å². The predicted molar refractivity (Wildman–Crippen MR) is 111 cm³/mol. The van der Waals surface area contributed by atoms with Gasteiger partial charge in [-0.15, -0.1) is 0 Å². The Morgan fingerprint density at radius 1 is 1.21 bits per heavy atom. The minimum Gasteiger partial charge on any atom is -0.354 e. The molecule has 2 amide bonds. The number of fused-ring (bicyclic) bond motifs is 4. The molecule has 1 aromatic rings. The highest BCUT2D eigenvalue weighted by Crippen LogP contribution is 2.42. The van der Waals surface area contributed by atoms with E-state index in [0.29, 0.717) is 31.2 Å². The highest BCUT2D eigenvalue weighted by molar-refractivity contribution is 5.78. The van der Waals surface area contributed by atoms with Crippen LogP contribution in [-0.2, 0) is 16.0 Å². The van der Waals surface area contributed by atoms with Crippen molar-refractivity contribution in [2.45, 2.75) is 70.9 Å². The molecule has 3 aliphatic heterocycles. The first-order valence-corrected chi connectivity index (χ1v) is 11.2. The zero-order chi connectivity index (χ0) is 20.4. The quantitative estimate of drug-likeness (QED) is 0.793. The van der Waals surface area contributed by atoms with Crippen LogP contribution in [-0.4, -0.2) is 58.4 Å². The minimum atomic E-state index is 0.0718. The molecule has 3 saturated heterocycles. The highest BCUT2D eigenvalue weighted by atomic mass is 16.2. The van der Waals surface area contributed by atoms with E-state index in [0.717, 1.165) is 56.7 Å². The summed E-state index contributed by atoms with van der Waals surface area (Å²) >= 11 is 0. The number of hydrogen-bond acceptors (Lipinski definition) is 5. The number of anilines is 1. The fourth-order valence-corrected chi connectivity index (χ4v) is 5.43. The molecule has 0 radical (unpaired) electrons. The molecule has 4 heterocycles. The normalized spacial score (nSPS) is 28.8. The van der Waals surface area contributed by atoms with E-state index in [9.17, 15) is 9.59 Å². The van der Waals surface area contributed by atoms with Gasteiger partial charge in [-0.2, -0.15) is 0 Å². The SMILES string of the molecule is CCCC(=O)NC[C@H]1[C@H]2C[C@H](CN(c3ncc(CC)cn3)C2)[C@@H]2CCCC(=O)N21. The summed E-state index contributed by atoms with van der Waals surface area (Å²) in [7, 11) is 0. The Hall–Kier alpha value is -2.18. The van der Waals surface area contributed by atoms with Crippen LogP contribution in [0.15, 0.2) is 12.4 Å². The summed E-state index contributed by atoms with van der Waals surface area (Å²) < 4.78 is 0. The van der Waals surface area contributed by atoms with Crippen molar-refractivity contribution < 1.29 is 9.59 Å². The Balaban J connectivity index is 1.55. The predicted octanol–water partition coefficient (Wildman–Crippen LogP) is 2.16. The molecular weight excluding hydrogens is 366 g/mol. The average molecular weight is 400 g/mol. The van der Waals surface area contributed by atoms with Crippen molar-refractivity contribution in [3.63, 3.8) is 0 Å². The second-order valence-electron chi connectivity index (χ2n) is 8.79. The standard InChI is InChI=1S/C22H33N5O2/c1-3-6-20(28)23-12-19-17-9-16(18-7-5-8-21(29)27(18)19)13-26(14-17)22-24-10-15(4-2)11-25-22/h10-11,16-19H,3-9,12-14H2,1-2H3,(H,23,28)/t16-,17+,18+,19+/m1/s1. The van der Waals surface area contributed by atoms with Crippen LogP contribution in [0.25, 0.3) is 0 Å². The molecule has 0 aromatic carbocycles. The maximum absolute atomic E-state index is 12.8. The number of nitrogens with one attached hydrogen (secondary N) is 1. The number of piperidine rings is 3. The van der Waals surface area contributed by atoms with Crippen molar-refractivity contribution in [1.29, 1.82) is 0 Å². The number of amides is 2. The molecule has 0 unspecified atom stereocenters. The van der Waals surface area contributed by atoms with Crippen molar-refractivity contribution in [1.82, 2.24) is 20.2 Å². The Kier molecular flexibility index (Phi) is 6.01. The molecule has 7 heteroatoms. The van der Waals surface area contributed by atoms with Gasteiger partial charge in [0.2, 0.25) is 17.8 Å². The summed E-state index contributed by atoms with van der Waals surface area (Å²) in [6.07, 6.45) is 9.95. The van der Waals surface area contributed by atoms with Crippen molar-refractivity contribution >= 4 is 17.8 Å². The van der Waals surface area contributed by atoms with Gasteiger partial charge in [0, 0.05) is 50.9 Å². The van der Waals surface area contributed by atoms with E-state index in [1.807, 2.05) is 19.3 Å². The lowest BCUT2D eigenvalue weighted by molar-refractivity contribution is -0.149. The topological polar surface area (TPSA) is 78.4 Å². The van der Waals surface area contributed by atoms with E-state index in [4.69, 9.17) is 0 Å². The maximum atomic E-state index is 12.8. The highest BCUT2D eigenvalue weighted by Gasteiger charge is 2.49. The first kappa shape index (κ1) is 20.1. The van der Waals surface area contributed by atoms with Crippen LogP contribution < -0.4 is 10.2 Å². The lowest BCUT2D eigenvalue weighted by atomic mass is 9.72. The molecule has 0 aliphatic carbocycles. The van der Waals surface area contributed by atoms with Gasteiger partial charge in [0.05, 0.1) is 6.04 Å². The zero-order valence-electron chi connectivity index (χ0n) is 17.6. The zero-order valence-corrected chi connectivity index (χ0v) is 17.6. The third-order valence-electron chi connectivity index (χ3n) is 6.86. The third-order valence-corrected chi connectivity index (χ3v) is 6.86. The minimum absolute atomic E-state index is 0.0718. The first-order chi connectivity index (χ1) is 14.1. The van der Waals surface area contributed by atoms with Crippen LogP contribution in [0.4, 0.5) is 5.95 Å².